The zero-order valence-corrected chi connectivity index (χ0v) is 19.2. The van der Waals surface area contributed by atoms with Crippen LogP contribution in [0.1, 0.15) is 11.1 Å². The molecule has 0 heterocycles. The molecule has 0 aliphatic rings. The number of rotatable bonds is 4. The molecule has 0 aliphatic heterocycles. The van der Waals surface area contributed by atoms with Gasteiger partial charge in [0.2, 0.25) is 12.8 Å². The molecule has 4 N–H and O–H groups in total. The van der Waals surface area contributed by atoms with Crippen LogP contribution in [0.2, 0.25) is 0 Å². The van der Waals surface area contributed by atoms with Crippen molar-refractivity contribution >= 4 is 25.2 Å². The van der Waals surface area contributed by atoms with Crippen LogP contribution in [0, 0.1) is 0 Å². The summed E-state index contributed by atoms with van der Waals surface area (Å²) in [6, 6.07) is 7.54. The summed E-state index contributed by atoms with van der Waals surface area (Å²) in [5, 5.41) is 60.9. The number of aromatic hydroxyl groups is 2. The number of phenolic OH excluding ortho intramolecular Hbond substituents is 2. The van der Waals surface area contributed by atoms with Crippen molar-refractivity contribution in [3.8, 4) is 23.0 Å². The number of oxime groups is 2. The molecular formula is C20H26CuN4O8. The van der Waals surface area contributed by atoms with Gasteiger partial charge < -0.3 is 40.6 Å². The summed E-state index contributed by atoms with van der Waals surface area (Å²) in [6.45, 7) is 0. The van der Waals surface area contributed by atoms with Gasteiger partial charge in [-0.2, -0.15) is 0 Å². The van der Waals surface area contributed by atoms with Gasteiger partial charge in [0, 0.05) is 28.2 Å². The van der Waals surface area contributed by atoms with Crippen LogP contribution in [0.15, 0.2) is 46.7 Å². The molecule has 12 nitrogen and oxygen atoms in total. The quantitative estimate of drug-likeness (QED) is 0.144. The first-order chi connectivity index (χ1) is 15.0. The van der Waals surface area contributed by atoms with E-state index < -0.39 is 0 Å². The number of carbonyl (C=O) groups is 2. The second-order valence-corrected chi connectivity index (χ2v) is 6.07. The Bertz CT molecular complexity index is 806. The number of hydrogen-bond acceptors (Lipinski definition) is 10. The van der Waals surface area contributed by atoms with E-state index in [1.165, 1.54) is 34.1 Å². The molecule has 0 bridgehead atoms. The van der Waals surface area contributed by atoms with Gasteiger partial charge in [0.05, 0.1) is 12.4 Å². The minimum atomic E-state index is -0.372. The molecule has 13 heteroatoms. The summed E-state index contributed by atoms with van der Waals surface area (Å²) >= 11 is 0. The second-order valence-electron chi connectivity index (χ2n) is 6.07. The van der Waals surface area contributed by atoms with Gasteiger partial charge in [-0.05, 0) is 35.4 Å². The largest absolute Gasteiger partial charge is 2.00 e. The zero-order chi connectivity index (χ0) is 25.1. The monoisotopic (exact) mass is 513 g/mol. The molecule has 2 amide bonds. The van der Waals surface area contributed by atoms with Gasteiger partial charge in [0.15, 0.2) is 0 Å². The third-order valence-corrected chi connectivity index (χ3v) is 2.81. The molecule has 2 aromatic rings. The fourth-order valence-corrected chi connectivity index (χ4v) is 1.38. The van der Waals surface area contributed by atoms with Gasteiger partial charge in [-0.3, -0.25) is 9.59 Å². The fourth-order valence-electron chi connectivity index (χ4n) is 1.38. The standard InChI is InChI=1S/2C7H7NO3.2C3H7NO.Cu/c2*9-6-2-1-5(4-8-11)7(10)3-6;2*1-4(2)3-5;/h2*1-4,9-11H;2*3H,1-2H3;/q;;;;+2/p-2/b2*8-4+;;;. The van der Waals surface area contributed by atoms with Crippen LogP contribution < -0.4 is 10.2 Å². The minimum Gasteiger partial charge on any atom is -0.872 e. The molecule has 1 radical (unpaired) electrons. The minimum absolute atomic E-state index is 0. The normalized spacial score (nSPS) is 9.09. The summed E-state index contributed by atoms with van der Waals surface area (Å²) in [6.07, 6.45) is 3.53. The zero-order valence-electron chi connectivity index (χ0n) is 18.3. The van der Waals surface area contributed by atoms with Crippen molar-refractivity contribution in [2.75, 3.05) is 28.2 Å². The van der Waals surface area contributed by atoms with E-state index in [9.17, 15) is 19.8 Å². The molecule has 0 aliphatic carbocycles. The van der Waals surface area contributed by atoms with Gasteiger partial charge in [0.25, 0.3) is 0 Å². The van der Waals surface area contributed by atoms with E-state index in [4.69, 9.17) is 20.6 Å². The maximum atomic E-state index is 10.9. The number of phenols is 2. The van der Waals surface area contributed by atoms with Gasteiger partial charge in [-0.25, -0.2) is 0 Å². The maximum Gasteiger partial charge on any atom is 2.00 e. The fraction of sp³-hybridized carbons (Fsp3) is 0.200. The van der Waals surface area contributed by atoms with E-state index >= 15 is 0 Å². The van der Waals surface area contributed by atoms with Crippen molar-refractivity contribution in [3.63, 3.8) is 0 Å². The molecule has 185 valence electrons. The predicted molar refractivity (Wildman–Crippen MR) is 113 cm³/mol. The van der Waals surface area contributed by atoms with Crippen molar-refractivity contribution < 1.29 is 57.5 Å². The van der Waals surface area contributed by atoms with Crippen molar-refractivity contribution in [2.45, 2.75) is 0 Å². The number of carbonyl (C=O) groups excluding carboxylic acids is 2. The molecule has 2 rings (SSSR count). The number of amides is 2. The molecule has 0 unspecified atom stereocenters. The van der Waals surface area contributed by atoms with E-state index in [0.717, 1.165) is 37.4 Å². The summed E-state index contributed by atoms with van der Waals surface area (Å²) in [4.78, 5) is 21.8. The molecule has 0 aromatic heterocycles. The van der Waals surface area contributed by atoms with Crippen LogP contribution in [0.3, 0.4) is 0 Å². The SMILES string of the molecule is CN(C)C=O.CN(C)C=O.[Cu+2].[O-]c1cc(O)ccc1/C=N/O.[O-]c1cc(O)ccc1/C=N/O. The smallest absolute Gasteiger partial charge is 0.872 e. The Morgan fingerprint density at radius 3 is 1.18 bits per heavy atom. The molecule has 0 atom stereocenters. The van der Waals surface area contributed by atoms with E-state index in [1.807, 2.05) is 0 Å². The summed E-state index contributed by atoms with van der Waals surface area (Å²) in [5.74, 6) is -0.930. The predicted octanol–water partition coefficient (Wildman–Crippen LogP) is -0.0459. The number of benzene rings is 2. The molecule has 0 spiro atoms. The molecule has 0 saturated heterocycles. The average Bonchev–Trinajstić information content (AvgIpc) is 2.73. The Labute approximate surface area is 201 Å². The van der Waals surface area contributed by atoms with Crippen LogP contribution in [0.5, 0.6) is 23.0 Å². The molecule has 33 heavy (non-hydrogen) atoms. The van der Waals surface area contributed by atoms with Gasteiger partial charge in [-0.15, -0.1) is 0 Å². The third kappa shape index (κ3) is 18.5. The molecule has 0 fully saturated rings. The third-order valence-electron chi connectivity index (χ3n) is 2.81. The number of nitrogens with zero attached hydrogens (tertiary/aromatic N) is 4. The molecule has 0 saturated carbocycles. The van der Waals surface area contributed by atoms with Crippen molar-refractivity contribution in [1.82, 2.24) is 9.80 Å². The van der Waals surface area contributed by atoms with Crippen LogP contribution >= 0.6 is 0 Å². The maximum absolute atomic E-state index is 10.9. The van der Waals surface area contributed by atoms with Gasteiger partial charge in [0.1, 0.15) is 11.5 Å². The van der Waals surface area contributed by atoms with Crippen molar-refractivity contribution in [1.29, 1.82) is 0 Å². The van der Waals surface area contributed by atoms with Crippen molar-refractivity contribution in [2.24, 2.45) is 10.3 Å². The topological polar surface area (TPSA) is 192 Å². The summed E-state index contributed by atoms with van der Waals surface area (Å²) < 4.78 is 0. The Kier molecular flexibility index (Phi) is 20.4. The molecule has 2 aromatic carbocycles. The van der Waals surface area contributed by atoms with Crippen LogP contribution in [-0.2, 0) is 26.7 Å². The average molecular weight is 514 g/mol. The van der Waals surface area contributed by atoms with Crippen LogP contribution in [0.25, 0.3) is 0 Å². The summed E-state index contributed by atoms with van der Waals surface area (Å²) in [5.41, 5.74) is 0.482. The molecular weight excluding hydrogens is 488 g/mol. The van der Waals surface area contributed by atoms with E-state index in [1.54, 1.807) is 28.2 Å². The van der Waals surface area contributed by atoms with Gasteiger partial charge >= 0.3 is 17.1 Å². The Morgan fingerprint density at radius 2 is 1.00 bits per heavy atom. The van der Waals surface area contributed by atoms with Crippen LogP contribution in [-0.4, -0.2) is 83.9 Å². The summed E-state index contributed by atoms with van der Waals surface area (Å²) in [7, 11) is 6.75. The van der Waals surface area contributed by atoms with E-state index in [-0.39, 0.29) is 51.2 Å². The van der Waals surface area contributed by atoms with Crippen molar-refractivity contribution in [3.05, 3.63) is 47.5 Å². The first-order valence-electron chi connectivity index (χ1n) is 8.60. The van der Waals surface area contributed by atoms with E-state index in [2.05, 4.69) is 10.3 Å². The van der Waals surface area contributed by atoms with Crippen LogP contribution in [0.4, 0.5) is 0 Å². The first kappa shape index (κ1) is 33.7. The van der Waals surface area contributed by atoms with E-state index in [0.29, 0.717) is 0 Å². The van der Waals surface area contributed by atoms with Gasteiger partial charge in [-0.1, -0.05) is 33.9 Å². The first-order valence-corrected chi connectivity index (χ1v) is 8.60. The Morgan fingerprint density at radius 1 is 0.727 bits per heavy atom. The second kappa shape index (κ2) is 20.0. The Hall–Kier alpha value is -3.96. The number of hydrogen-bond donors (Lipinski definition) is 4. The Balaban J connectivity index is -0.000000386.